The lowest BCUT2D eigenvalue weighted by Gasteiger charge is -2.31. The smallest absolute Gasteiger partial charge is 0.294 e. The lowest BCUT2D eigenvalue weighted by atomic mass is 9.80. The third kappa shape index (κ3) is 13.3. The van der Waals surface area contributed by atoms with Gasteiger partial charge in [-0.05, 0) is 106 Å². The minimum absolute atomic E-state index is 0.0122. The third-order valence-corrected chi connectivity index (χ3v) is 16.8. The SMILES string of the molecule is CCN1c2ccc(S(=O)(=O)O)cc2C(C)(C)C1/C=C/C=C/C=C1/N(CCCCCC(=O)CCCN2C(=O)CC(SC[C@@H](C)C(=O)N[C@H](CCCCN)C(N)=O)C2=O)c2ccc(S(=O)(=O)O)cc2C1(C)C. The number of nitrogens with two attached hydrogens (primary N) is 2. The number of primary amides is 1. The van der Waals surface area contributed by atoms with Crippen LogP contribution in [-0.4, -0.2) is 110 Å². The number of hydrogen-bond donors (Lipinski definition) is 5. The van der Waals surface area contributed by atoms with E-state index in [2.05, 4.69) is 21.2 Å². The second-order valence-electron chi connectivity index (χ2n) is 19.4. The molecule has 2 aromatic carbocycles. The van der Waals surface area contributed by atoms with Crippen molar-refractivity contribution >= 4 is 72.8 Å². The Morgan fingerprint density at radius 3 is 2.10 bits per heavy atom. The first-order chi connectivity index (χ1) is 32.8. The van der Waals surface area contributed by atoms with Crippen LogP contribution in [0.2, 0.25) is 0 Å². The van der Waals surface area contributed by atoms with Crippen molar-refractivity contribution < 1.29 is 49.9 Å². The van der Waals surface area contributed by atoms with Crippen LogP contribution in [0.4, 0.5) is 11.4 Å². The van der Waals surface area contributed by atoms with Crippen molar-refractivity contribution in [1.82, 2.24) is 10.2 Å². The summed E-state index contributed by atoms with van der Waals surface area (Å²) in [6.07, 6.45) is 14.5. The molecule has 1 saturated heterocycles. The van der Waals surface area contributed by atoms with E-state index in [1.165, 1.54) is 40.9 Å². The van der Waals surface area contributed by atoms with Gasteiger partial charge in [0.05, 0.1) is 21.1 Å². The maximum absolute atomic E-state index is 13.1. The standard InChI is InChI=1S/C50H70N6O11S3/c1-7-54-40-24-22-35(69(62,63)64)29-37(40)49(3,4)43(54)20-11-8-12-21-44-50(5,6)38-30-36(70(65,66)67)23-25-41(38)55(44)27-15-9-10-17-34(57)18-16-28-56-45(58)31-42(48(56)61)68-32-33(2)47(60)53-39(46(52)59)19-13-14-26-51/h8,11-12,20-25,29-30,33,39,42-43H,7,9-10,13-19,26-28,31-32,51H2,1-6H3,(H2,52,59)(H,53,60)(H,62,63,64)(H,65,66,67)/b12-8+,20-11+,44-21+/t33-,39-,42?,43?/m1/s1. The molecule has 0 aliphatic carbocycles. The van der Waals surface area contributed by atoms with Gasteiger partial charge in [-0.15, -0.1) is 11.8 Å². The minimum atomic E-state index is -4.46. The molecule has 4 amide bonds. The number of benzene rings is 2. The van der Waals surface area contributed by atoms with Gasteiger partial charge in [0.2, 0.25) is 23.6 Å². The molecule has 0 spiro atoms. The molecule has 1 fully saturated rings. The molecule has 0 aromatic heterocycles. The summed E-state index contributed by atoms with van der Waals surface area (Å²) in [5.74, 6) is -1.88. The van der Waals surface area contributed by atoms with Gasteiger partial charge in [0.25, 0.3) is 20.2 Å². The summed E-state index contributed by atoms with van der Waals surface area (Å²) in [7, 11) is -8.83. The lowest BCUT2D eigenvalue weighted by molar-refractivity contribution is -0.138. The second kappa shape index (κ2) is 23.6. The number of thioether (sulfide) groups is 1. The Balaban J connectivity index is 1.13. The molecule has 384 valence electrons. The molecule has 7 N–H and O–H groups in total. The number of likely N-dealkylation sites (tertiary alicyclic amines) is 1. The largest absolute Gasteiger partial charge is 0.368 e. The van der Waals surface area contributed by atoms with E-state index in [0.717, 1.165) is 34.6 Å². The van der Waals surface area contributed by atoms with Gasteiger partial charge in [0.1, 0.15) is 11.8 Å². The van der Waals surface area contributed by atoms with Gasteiger partial charge >= 0.3 is 0 Å². The number of ketones is 1. The highest BCUT2D eigenvalue weighted by atomic mass is 32.2. The number of carbonyl (C=O) groups is 5. The number of Topliss-reactive ketones (excluding diaryl/α,β-unsaturated/α-hetero) is 1. The minimum Gasteiger partial charge on any atom is -0.368 e. The van der Waals surface area contributed by atoms with E-state index < -0.39 is 54.2 Å². The number of likely N-dealkylation sites (N-methyl/N-ethyl adjacent to an activating group) is 1. The number of carbonyl (C=O) groups excluding carboxylic acids is 5. The Hall–Kier alpha value is -4.86. The number of nitrogens with zero attached hydrogens (tertiary/aromatic N) is 3. The van der Waals surface area contributed by atoms with Crippen LogP contribution in [0.1, 0.15) is 117 Å². The molecule has 3 aliphatic heterocycles. The van der Waals surface area contributed by atoms with Gasteiger partial charge in [0, 0.05) is 78.5 Å². The molecule has 70 heavy (non-hydrogen) atoms. The average molecular weight is 1030 g/mol. The van der Waals surface area contributed by atoms with Crippen LogP contribution in [0, 0.1) is 5.92 Å². The van der Waals surface area contributed by atoms with Crippen molar-refractivity contribution in [3.05, 3.63) is 83.6 Å². The molecule has 2 unspecified atom stereocenters. The Morgan fingerprint density at radius 2 is 1.47 bits per heavy atom. The molecule has 3 aliphatic rings. The van der Waals surface area contributed by atoms with Gasteiger partial charge in [-0.1, -0.05) is 65.3 Å². The van der Waals surface area contributed by atoms with E-state index >= 15 is 0 Å². The van der Waals surface area contributed by atoms with Gasteiger partial charge in [0.15, 0.2) is 0 Å². The maximum atomic E-state index is 13.1. The fraction of sp³-hybridized carbons (Fsp3) is 0.540. The van der Waals surface area contributed by atoms with Crippen LogP contribution in [0.25, 0.3) is 0 Å². The zero-order chi connectivity index (χ0) is 51.8. The summed E-state index contributed by atoms with van der Waals surface area (Å²) in [6.45, 7) is 13.6. The molecular weight excluding hydrogens is 957 g/mol. The monoisotopic (exact) mass is 1030 g/mol. The molecule has 17 nitrogen and oxygen atoms in total. The topological polar surface area (TPSA) is 268 Å². The molecular formula is C50H70N6O11S3. The van der Waals surface area contributed by atoms with Gasteiger partial charge in [-0.2, -0.15) is 16.8 Å². The van der Waals surface area contributed by atoms with Crippen molar-refractivity contribution in [3.63, 3.8) is 0 Å². The van der Waals surface area contributed by atoms with Crippen molar-refractivity contribution in [1.29, 1.82) is 0 Å². The van der Waals surface area contributed by atoms with Crippen molar-refractivity contribution in [2.24, 2.45) is 17.4 Å². The second-order valence-corrected chi connectivity index (χ2v) is 23.4. The number of anilines is 2. The Kier molecular flexibility index (Phi) is 18.9. The first kappa shape index (κ1) is 56.1. The highest BCUT2D eigenvalue weighted by Crippen LogP contribution is 2.49. The molecule has 4 atom stereocenters. The van der Waals surface area contributed by atoms with Crippen LogP contribution < -0.4 is 26.6 Å². The molecule has 5 rings (SSSR count). The predicted molar refractivity (Wildman–Crippen MR) is 273 cm³/mol. The summed E-state index contributed by atoms with van der Waals surface area (Å²) >= 11 is 1.22. The molecule has 0 radical (unpaired) electrons. The first-order valence-electron chi connectivity index (χ1n) is 24.0. The van der Waals surface area contributed by atoms with Gasteiger partial charge in [-0.3, -0.25) is 38.0 Å². The molecule has 2 aromatic rings. The quantitative estimate of drug-likeness (QED) is 0.0315. The average Bonchev–Trinajstić information content (AvgIpc) is 3.78. The number of unbranched alkanes of at least 4 members (excludes halogenated alkanes) is 3. The maximum Gasteiger partial charge on any atom is 0.294 e. The van der Waals surface area contributed by atoms with Crippen molar-refractivity contribution in [2.75, 3.05) is 41.7 Å². The van der Waals surface area contributed by atoms with E-state index in [1.807, 2.05) is 58.9 Å². The number of allylic oxidation sites excluding steroid dienone is 5. The van der Waals surface area contributed by atoms with E-state index in [0.29, 0.717) is 64.6 Å². The zero-order valence-electron chi connectivity index (χ0n) is 41.1. The van der Waals surface area contributed by atoms with E-state index in [9.17, 15) is 49.9 Å². The predicted octanol–water partition coefficient (Wildman–Crippen LogP) is 5.97. The van der Waals surface area contributed by atoms with Crippen molar-refractivity contribution in [3.8, 4) is 0 Å². The van der Waals surface area contributed by atoms with Crippen LogP contribution in [0.15, 0.2) is 82.3 Å². The number of nitrogens with one attached hydrogen (secondary N) is 1. The van der Waals surface area contributed by atoms with Crippen LogP contribution in [-0.2, 0) is 55.0 Å². The highest BCUT2D eigenvalue weighted by Gasteiger charge is 2.44. The van der Waals surface area contributed by atoms with Gasteiger partial charge < -0.3 is 26.6 Å². The lowest BCUT2D eigenvalue weighted by Crippen LogP contribution is -2.46. The van der Waals surface area contributed by atoms with Gasteiger partial charge in [-0.25, -0.2) is 0 Å². The molecule has 0 bridgehead atoms. The fourth-order valence-corrected chi connectivity index (χ4v) is 11.8. The summed E-state index contributed by atoms with van der Waals surface area (Å²) in [6, 6.07) is 8.35. The first-order valence-corrected chi connectivity index (χ1v) is 27.9. The number of hydrogen-bond acceptors (Lipinski definition) is 13. The highest BCUT2D eigenvalue weighted by molar-refractivity contribution is 8.00. The normalized spacial score (nSPS) is 20.2. The number of amides is 4. The Bertz CT molecular complexity index is 2610. The third-order valence-electron chi connectivity index (χ3n) is 13.6. The van der Waals surface area contributed by atoms with E-state index in [-0.39, 0.29) is 64.5 Å². The molecule has 3 heterocycles. The number of fused-ring (bicyclic) bond motifs is 2. The fourth-order valence-electron chi connectivity index (χ4n) is 9.56. The Morgan fingerprint density at radius 1 is 0.843 bits per heavy atom. The number of rotatable bonds is 26. The van der Waals surface area contributed by atoms with E-state index in [1.54, 1.807) is 19.1 Å². The summed E-state index contributed by atoms with van der Waals surface area (Å²) in [4.78, 5) is 68.6. The van der Waals surface area contributed by atoms with Crippen LogP contribution >= 0.6 is 11.8 Å². The molecule has 20 heteroatoms. The summed E-state index contributed by atoms with van der Waals surface area (Å²) < 4.78 is 67.8. The number of imide groups is 1. The zero-order valence-corrected chi connectivity index (χ0v) is 43.5. The summed E-state index contributed by atoms with van der Waals surface area (Å²) in [5.41, 5.74) is 14.0. The summed E-state index contributed by atoms with van der Waals surface area (Å²) in [5, 5.41) is 2.05. The van der Waals surface area contributed by atoms with Crippen molar-refractivity contribution in [2.45, 2.75) is 144 Å². The van der Waals surface area contributed by atoms with Crippen LogP contribution in [0.3, 0.4) is 0 Å². The van der Waals surface area contributed by atoms with Crippen LogP contribution in [0.5, 0.6) is 0 Å². The van der Waals surface area contributed by atoms with E-state index in [4.69, 9.17) is 11.5 Å². The Labute approximate surface area is 417 Å². The molecule has 0 saturated carbocycles.